The molecule has 6 heteroatoms. The number of amides is 1. The number of aromatic nitrogens is 3. The second-order valence-corrected chi connectivity index (χ2v) is 4.72. The maximum absolute atomic E-state index is 12.1. The maximum Gasteiger partial charge on any atom is 0.277 e. The van der Waals surface area contributed by atoms with Gasteiger partial charge in [0.25, 0.3) is 11.5 Å². The lowest BCUT2D eigenvalue weighted by molar-refractivity contribution is 0.101. The zero-order valence-electron chi connectivity index (χ0n) is 11.6. The summed E-state index contributed by atoms with van der Waals surface area (Å²) in [5, 5.41) is 6.75. The van der Waals surface area contributed by atoms with Crippen LogP contribution in [0.2, 0.25) is 0 Å². The van der Waals surface area contributed by atoms with Gasteiger partial charge in [0, 0.05) is 12.3 Å². The minimum atomic E-state index is -0.388. The van der Waals surface area contributed by atoms with E-state index in [2.05, 4.69) is 15.4 Å². The van der Waals surface area contributed by atoms with Gasteiger partial charge in [-0.3, -0.25) is 9.59 Å². The van der Waals surface area contributed by atoms with Gasteiger partial charge in [-0.2, -0.15) is 5.10 Å². The van der Waals surface area contributed by atoms with Crippen molar-refractivity contribution in [1.29, 1.82) is 0 Å². The monoisotopic (exact) mass is 272 g/mol. The number of carbonyl (C=O) groups excluding carboxylic acids is 1. The summed E-state index contributed by atoms with van der Waals surface area (Å²) in [5.74, 6) is 0.0998. The Hall–Kier alpha value is -2.50. The fourth-order valence-corrected chi connectivity index (χ4v) is 1.70. The van der Waals surface area contributed by atoms with Gasteiger partial charge in [-0.25, -0.2) is 9.67 Å². The third-order valence-corrected chi connectivity index (χ3v) is 2.79. The Labute approximate surface area is 116 Å². The highest BCUT2D eigenvalue weighted by Gasteiger charge is 2.12. The molecule has 0 bridgehead atoms. The van der Waals surface area contributed by atoms with Crippen molar-refractivity contribution >= 4 is 11.7 Å². The van der Waals surface area contributed by atoms with Gasteiger partial charge in [0.1, 0.15) is 11.5 Å². The Morgan fingerprint density at radius 1 is 1.30 bits per heavy atom. The summed E-state index contributed by atoms with van der Waals surface area (Å²) in [6, 6.07) is 6.29. The average molecular weight is 272 g/mol. The first-order valence-electron chi connectivity index (χ1n) is 6.32. The lowest BCUT2D eigenvalue weighted by Crippen LogP contribution is -2.27. The van der Waals surface area contributed by atoms with Crippen LogP contribution >= 0.6 is 0 Å². The molecule has 0 aliphatic rings. The maximum atomic E-state index is 12.1. The Kier molecular flexibility index (Phi) is 3.93. The Balaban J connectivity index is 2.28. The highest BCUT2D eigenvalue weighted by atomic mass is 16.2. The molecule has 2 rings (SSSR count). The first-order valence-corrected chi connectivity index (χ1v) is 6.32. The SMILES string of the molecule is Cc1cccnc1NC(=O)c1ccc(=O)n(C(C)C)n1. The summed E-state index contributed by atoms with van der Waals surface area (Å²) >= 11 is 0. The van der Waals surface area contributed by atoms with E-state index in [9.17, 15) is 9.59 Å². The van der Waals surface area contributed by atoms with E-state index in [0.717, 1.165) is 5.56 Å². The number of hydrogen-bond acceptors (Lipinski definition) is 4. The van der Waals surface area contributed by atoms with Crippen LogP contribution in [0.3, 0.4) is 0 Å². The molecule has 0 aromatic carbocycles. The standard InChI is InChI=1S/C14H16N4O2/c1-9(2)18-12(19)7-6-11(17-18)14(20)16-13-10(3)5-4-8-15-13/h4-9H,1-3H3,(H,15,16,20). The molecule has 2 aromatic heterocycles. The zero-order valence-corrected chi connectivity index (χ0v) is 11.6. The van der Waals surface area contributed by atoms with Gasteiger partial charge < -0.3 is 5.32 Å². The van der Waals surface area contributed by atoms with Gasteiger partial charge in [-0.1, -0.05) is 6.07 Å². The molecule has 0 atom stereocenters. The summed E-state index contributed by atoms with van der Waals surface area (Å²) in [5.41, 5.74) is 0.812. The molecule has 0 unspecified atom stereocenters. The van der Waals surface area contributed by atoms with Gasteiger partial charge in [-0.15, -0.1) is 0 Å². The number of nitrogens with one attached hydrogen (secondary N) is 1. The topological polar surface area (TPSA) is 76.9 Å². The largest absolute Gasteiger partial charge is 0.305 e. The Morgan fingerprint density at radius 3 is 2.70 bits per heavy atom. The van der Waals surface area contributed by atoms with E-state index in [1.807, 2.05) is 26.8 Å². The number of anilines is 1. The van der Waals surface area contributed by atoms with Crippen LogP contribution in [0.15, 0.2) is 35.3 Å². The number of aryl methyl sites for hydroxylation is 1. The molecule has 0 radical (unpaired) electrons. The molecular weight excluding hydrogens is 256 g/mol. The highest BCUT2D eigenvalue weighted by Crippen LogP contribution is 2.10. The molecule has 0 aliphatic carbocycles. The lowest BCUT2D eigenvalue weighted by Gasteiger charge is -2.10. The first-order chi connectivity index (χ1) is 9.49. The second-order valence-electron chi connectivity index (χ2n) is 4.72. The van der Waals surface area contributed by atoms with Crippen LogP contribution in [-0.2, 0) is 0 Å². The molecule has 1 N–H and O–H groups in total. The van der Waals surface area contributed by atoms with E-state index in [0.29, 0.717) is 5.82 Å². The predicted molar refractivity (Wildman–Crippen MR) is 75.8 cm³/mol. The van der Waals surface area contributed by atoms with E-state index in [1.165, 1.54) is 16.8 Å². The third kappa shape index (κ3) is 2.90. The molecule has 0 saturated heterocycles. The molecule has 1 amide bonds. The molecule has 0 fully saturated rings. The van der Waals surface area contributed by atoms with Crippen LogP contribution in [0.1, 0.15) is 35.9 Å². The van der Waals surface area contributed by atoms with Crippen LogP contribution in [0.5, 0.6) is 0 Å². The minimum absolute atomic E-state index is 0.105. The summed E-state index contributed by atoms with van der Waals surface area (Å²) in [6.45, 7) is 5.52. The molecule has 0 spiro atoms. The van der Waals surface area contributed by atoms with E-state index in [4.69, 9.17) is 0 Å². The van der Waals surface area contributed by atoms with Gasteiger partial charge >= 0.3 is 0 Å². The average Bonchev–Trinajstić information content (AvgIpc) is 2.41. The molecule has 6 nitrogen and oxygen atoms in total. The van der Waals surface area contributed by atoms with E-state index in [1.54, 1.807) is 12.3 Å². The van der Waals surface area contributed by atoms with Crippen LogP contribution in [0.25, 0.3) is 0 Å². The van der Waals surface area contributed by atoms with Crippen LogP contribution < -0.4 is 10.9 Å². The summed E-state index contributed by atoms with van der Waals surface area (Å²) in [7, 11) is 0. The number of pyridine rings is 1. The van der Waals surface area contributed by atoms with Crippen molar-refractivity contribution < 1.29 is 4.79 Å². The number of carbonyl (C=O) groups is 1. The predicted octanol–water partition coefficient (Wildman–Crippen LogP) is 1.78. The van der Waals surface area contributed by atoms with Crippen molar-refractivity contribution in [1.82, 2.24) is 14.8 Å². The smallest absolute Gasteiger partial charge is 0.277 e. The van der Waals surface area contributed by atoms with E-state index < -0.39 is 0 Å². The summed E-state index contributed by atoms with van der Waals surface area (Å²) < 4.78 is 1.28. The van der Waals surface area contributed by atoms with Crippen molar-refractivity contribution in [3.05, 3.63) is 52.1 Å². The Bertz CT molecular complexity index is 692. The Morgan fingerprint density at radius 2 is 2.05 bits per heavy atom. The quantitative estimate of drug-likeness (QED) is 0.924. The van der Waals surface area contributed by atoms with E-state index >= 15 is 0 Å². The van der Waals surface area contributed by atoms with Crippen molar-refractivity contribution in [2.24, 2.45) is 0 Å². The third-order valence-electron chi connectivity index (χ3n) is 2.79. The van der Waals surface area contributed by atoms with Crippen molar-refractivity contribution in [2.75, 3.05) is 5.32 Å². The van der Waals surface area contributed by atoms with Crippen molar-refractivity contribution in [2.45, 2.75) is 26.8 Å². The highest BCUT2D eigenvalue weighted by molar-refractivity contribution is 6.02. The molecule has 104 valence electrons. The van der Waals surface area contributed by atoms with Crippen LogP contribution in [0.4, 0.5) is 5.82 Å². The van der Waals surface area contributed by atoms with Crippen molar-refractivity contribution in [3.8, 4) is 0 Å². The molecular formula is C14H16N4O2. The number of rotatable bonds is 3. The van der Waals surface area contributed by atoms with Crippen LogP contribution in [-0.4, -0.2) is 20.7 Å². The number of hydrogen-bond donors (Lipinski definition) is 1. The molecule has 2 aromatic rings. The first kappa shape index (κ1) is 13.9. The fourth-order valence-electron chi connectivity index (χ4n) is 1.70. The van der Waals surface area contributed by atoms with Gasteiger partial charge in [0.2, 0.25) is 0 Å². The van der Waals surface area contributed by atoms with Crippen LogP contribution in [0, 0.1) is 6.92 Å². The number of nitrogens with zero attached hydrogens (tertiary/aromatic N) is 3. The molecule has 2 heterocycles. The zero-order chi connectivity index (χ0) is 14.7. The summed E-state index contributed by atoms with van der Waals surface area (Å²) in [6.07, 6.45) is 1.60. The van der Waals surface area contributed by atoms with Gasteiger partial charge in [0.15, 0.2) is 0 Å². The molecule has 0 aliphatic heterocycles. The van der Waals surface area contributed by atoms with Crippen molar-refractivity contribution in [3.63, 3.8) is 0 Å². The van der Waals surface area contributed by atoms with E-state index in [-0.39, 0.29) is 23.2 Å². The molecule has 0 saturated carbocycles. The van der Waals surface area contributed by atoms with Gasteiger partial charge in [-0.05, 0) is 38.5 Å². The molecule has 20 heavy (non-hydrogen) atoms. The second kappa shape index (κ2) is 5.64. The summed E-state index contributed by atoms with van der Waals surface area (Å²) in [4.78, 5) is 27.8. The normalized spacial score (nSPS) is 10.6. The minimum Gasteiger partial charge on any atom is -0.305 e. The van der Waals surface area contributed by atoms with Gasteiger partial charge in [0.05, 0.1) is 6.04 Å². The lowest BCUT2D eigenvalue weighted by atomic mass is 10.3. The fraction of sp³-hybridized carbons (Fsp3) is 0.286.